The summed E-state index contributed by atoms with van der Waals surface area (Å²) in [6, 6.07) is 1.73. The molecule has 0 aliphatic carbocycles. The number of hydrogen-bond donors (Lipinski definition) is 2. The van der Waals surface area contributed by atoms with E-state index in [1.165, 1.54) is 4.72 Å². The van der Waals surface area contributed by atoms with Crippen LogP contribution in [0.5, 0.6) is 0 Å². The molecule has 0 atom stereocenters. The van der Waals surface area contributed by atoms with Gasteiger partial charge in [-0.25, -0.2) is 9.78 Å². The van der Waals surface area contributed by atoms with Crippen molar-refractivity contribution >= 4 is 21.8 Å². The van der Waals surface area contributed by atoms with Gasteiger partial charge in [-0.1, -0.05) is 0 Å². The maximum absolute atomic E-state index is 12.0. The number of carbonyl (C=O) groups is 1. The number of anilines is 1. The average molecular weight is 270 g/mol. The first kappa shape index (κ1) is 13.2. The number of pyridine rings is 1. The Kier molecular flexibility index (Phi) is 3.27. The van der Waals surface area contributed by atoms with Crippen LogP contribution < -0.4 is 4.72 Å². The smallest absolute Gasteiger partial charge is 0.478 e. The van der Waals surface area contributed by atoms with Gasteiger partial charge in [0, 0.05) is 6.20 Å². The van der Waals surface area contributed by atoms with Crippen molar-refractivity contribution < 1.29 is 31.5 Å². The lowest BCUT2D eigenvalue weighted by Crippen LogP contribution is -2.30. The van der Waals surface area contributed by atoms with Crippen molar-refractivity contribution in [2.24, 2.45) is 0 Å². The van der Waals surface area contributed by atoms with E-state index in [-0.39, 0.29) is 5.56 Å². The topological polar surface area (TPSA) is 96.4 Å². The summed E-state index contributed by atoms with van der Waals surface area (Å²) in [5, 5.41) is 8.48. The Morgan fingerprint density at radius 2 is 1.94 bits per heavy atom. The predicted octanol–water partition coefficient (Wildman–Crippen LogP) is 1.04. The lowest BCUT2D eigenvalue weighted by molar-refractivity contribution is -0.0429. The van der Waals surface area contributed by atoms with Gasteiger partial charge in [-0.2, -0.15) is 21.6 Å². The van der Waals surface area contributed by atoms with Crippen molar-refractivity contribution in [2.45, 2.75) is 5.51 Å². The third kappa shape index (κ3) is 3.06. The number of nitrogens with zero attached hydrogens (tertiary/aromatic N) is 1. The number of carboxylic acid groups (broad SMARTS) is 1. The van der Waals surface area contributed by atoms with Crippen molar-refractivity contribution in [3.8, 4) is 0 Å². The first-order chi connectivity index (χ1) is 7.63. The monoisotopic (exact) mass is 270 g/mol. The second-order valence-electron chi connectivity index (χ2n) is 2.79. The van der Waals surface area contributed by atoms with Crippen LogP contribution in [0.1, 0.15) is 10.4 Å². The van der Waals surface area contributed by atoms with Crippen molar-refractivity contribution in [1.82, 2.24) is 4.98 Å². The first-order valence-corrected chi connectivity index (χ1v) is 5.40. The molecule has 0 aliphatic heterocycles. The molecule has 1 aromatic rings. The fourth-order valence-corrected chi connectivity index (χ4v) is 1.29. The van der Waals surface area contributed by atoms with E-state index in [2.05, 4.69) is 4.98 Å². The molecule has 0 saturated carbocycles. The van der Waals surface area contributed by atoms with Gasteiger partial charge in [0.05, 0.1) is 5.56 Å². The molecule has 1 rings (SSSR count). The molecule has 6 nitrogen and oxygen atoms in total. The highest BCUT2D eigenvalue weighted by Gasteiger charge is 2.46. The first-order valence-electron chi connectivity index (χ1n) is 3.92. The minimum Gasteiger partial charge on any atom is -0.478 e. The van der Waals surface area contributed by atoms with Crippen molar-refractivity contribution in [3.63, 3.8) is 0 Å². The van der Waals surface area contributed by atoms with E-state index in [9.17, 15) is 26.4 Å². The third-order valence-electron chi connectivity index (χ3n) is 1.55. The fourth-order valence-electron chi connectivity index (χ4n) is 0.776. The minimum absolute atomic E-state index is 0.278. The lowest BCUT2D eigenvalue weighted by Gasteiger charge is -2.09. The van der Waals surface area contributed by atoms with Crippen molar-refractivity contribution in [3.05, 3.63) is 23.9 Å². The zero-order chi connectivity index (χ0) is 13.3. The highest BCUT2D eigenvalue weighted by Crippen LogP contribution is 2.24. The largest absolute Gasteiger partial charge is 0.516 e. The molecule has 0 unspecified atom stereocenters. The number of halogens is 3. The Labute approximate surface area is 93.1 Å². The highest BCUT2D eigenvalue weighted by atomic mass is 32.2. The summed E-state index contributed by atoms with van der Waals surface area (Å²) in [4.78, 5) is 13.6. The molecule has 0 bridgehead atoms. The summed E-state index contributed by atoms with van der Waals surface area (Å²) in [7, 11) is -5.54. The Bertz CT molecular complexity index is 523. The van der Waals surface area contributed by atoms with Crippen LogP contribution in [0.15, 0.2) is 18.3 Å². The number of carboxylic acids is 1. The molecule has 1 heterocycles. The van der Waals surface area contributed by atoms with Gasteiger partial charge in [0.15, 0.2) is 0 Å². The van der Waals surface area contributed by atoms with E-state index >= 15 is 0 Å². The van der Waals surface area contributed by atoms with Crippen LogP contribution in [0.25, 0.3) is 0 Å². The van der Waals surface area contributed by atoms with Crippen molar-refractivity contribution in [1.29, 1.82) is 0 Å². The maximum atomic E-state index is 12.0. The Hall–Kier alpha value is -1.84. The third-order valence-corrected chi connectivity index (χ3v) is 2.64. The summed E-state index contributed by atoms with van der Waals surface area (Å²) < 4.78 is 58.3. The number of alkyl halides is 3. The second-order valence-corrected chi connectivity index (χ2v) is 4.46. The van der Waals surface area contributed by atoms with E-state index in [4.69, 9.17) is 5.11 Å². The summed E-state index contributed by atoms with van der Waals surface area (Å²) in [6.45, 7) is 0. The van der Waals surface area contributed by atoms with Crippen LogP contribution in [0, 0.1) is 0 Å². The number of nitrogens with one attached hydrogen (secondary N) is 1. The molecule has 0 aliphatic rings. The van der Waals surface area contributed by atoms with Crippen LogP contribution in [-0.4, -0.2) is 30.0 Å². The minimum atomic E-state index is -5.54. The average Bonchev–Trinajstić information content (AvgIpc) is 2.16. The second kappa shape index (κ2) is 4.20. The van der Waals surface area contributed by atoms with E-state index in [1.54, 1.807) is 0 Å². The van der Waals surface area contributed by atoms with Gasteiger partial charge in [0.1, 0.15) is 5.82 Å². The van der Waals surface area contributed by atoms with Crippen molar-refractivity contribution in [2.75, 3.05) is 4.72 Å². The Morgan fingerprint density at radius 1 is 1.35 bits per heavy atom. The van der Waals surface area contributed by atoms with Gasteiger partial charge in [-0.05, 0) is 12.1 Å². The normalized spacial score (nSPS) is 12.2. The Morgan fingerprint density at radius 3 is 2.29 bits per heavy atom. The zero-order valence-electron chi connectivity index (χ0n) is 7.89. The fraction of sp³-hybridized carbons (Fsp3) is 0.143. The number of hydrogen-bond acceptors (Lipinski definition) is 4. The molecule has 1 aromatic heterocycles. The SMILES string of the molecule is O=C(O)c1ccc(NS(=O)(=O)C(F)(F)F)nc1. The van der Waals surface area contributed by atoms with Gasteiger partial charge in [-0.3, -0.25) is 4.72 Å². The van der Waals surface area contributed by atoms with E-state index < -0.39 is 27.3 Å². The molecule has 94 valence electrons. The molecule has 0 radical (unpaired) electrons. The Balaban J connectivity index is 2.95. The van der Waals surface area contributed by atoms with E-state index in [0.717, 1.165) is 18.3 Å². The molecule has 2 N–H and O–H groups in total. The maximum Gasteiger partial charge on any atom is 0.516 e. The van der Waals surface area contributed by atoms with Crippen LogP contribution in [0.2, 0.25) is 0 Å². The van der Waals surface area contributed by atoms with Gasteiger partial charge < -0.3 is 5.11 Å². The summed E-state index contributed by atoms with van der Waals surface area (Å²) in [5.74, 6) is -1.95. The highest BCUT2D eigenvalue weighted by molar-refractivity contribution is 7.93. The van der Waals surface area contributed by atoms with Crippen LogP contribution in [0.4, 0.5) is 19.0 Å². The van der Waals surface area contributed by atoms with Crippen LogP contribution in [-0.2, 0) is 10.0 Å². The lowest BCUT2D eigenvalue weighted by atomic mass is 10.3. The zero-order valence-corrected chi connectivity index (χ0v) is 8.71. The molecule has 0 aromatic carbocycles. The number of sulfonamides is 1. The number of aromatic carboxylic acids is 1. The molecule has 17 heavy (non-hydrogen) atoms. The molecule has 10 heteroatoms. The quantitative estimate of drug-likeness (QED) is 0.855. The molecule has 0 saturated heterocycles. The van der Waals surface area contributed by atoms with E-state index in [0.29, 0.717) is 0 Å². The summed E-state index contributed by atoms with van der Waals surface area (Å²) in [6.07, 6.45) is 0.733. The van der Waals surface area contributed by atoms with Gasteiger partial charge >= 0.3 is 21.5 Å². The summed E-state index contributed by atoms with van der Waals surface area (Å²) in [5.41, 5.74) is -5.74. The van der Waals surface area contributed by atoms with Gasteiger partial charge in [0.25, 0.3) is 0 Å². The molecule has 0 fully saturated rings. The number of aromatic nitrogens is 1. The standard InChI is InChI=1S/C7H5F3N2O4S/c8-7(9,10)17(15,16)12-5-2-1-4(3-11-5)6(13)14/h1-3H,(H,11,12)(H,13,14). The molecule has 0 amide bonds. The molecular formula is C7H5F3N2O4S. The molecular weight excluding hydrogens is 265 g/mol. The van der Waals surface area contributed by atoms with Gasteiger partial charge in [0.2, 0.25) is 0 Å². The number of rotatable bonds is 3. The van der Waals surface area contributed by atoms with Crippen LogP contribution in [0.3, 0.4) is 0 Å². The van der Waals surface area contributed by atoms with Crippen LogP contribution >= 0.6 is 0 Å². The predicted molar refractivity (Wildman–Crippen MR) is 49.8 cm³/mol. The summed E-state index contributed by atoms with van der Waals surface area (Å²) >= 11 is 0. The molecule has 0 spiro atoms. The van der Waals surface area contributed by atoms with Gasteiger partial charge in [-0.15, -0.1) is 0 Å². The van der Waals surface area contributed by atoms with E-state index in [1.807, 2.05) is 0 Å².